The van der Waals surface area contributed by atoms with Gasteiger partial charge in [-0.15, -0.1) is 0 Å². The van der Waals surface area contributed by atoms with E-state index in [2.05, 4.69) is 5.32 Å². The maximum atomic E-state index is 13.5. The van der Waals surface area contributed by atoms with E-state index in [4.69, 9.17) is 0 Å². The summed E-state index contributed by atoms with van der Waals surface area (Å²) >= 11 is 0. The molecular formula is C15H19F3N2O2. The quantitative estimate of drug-likeness (QED) is 0.786. The lowest BCUT2D eigenvalue weighted by molar-refractivity contribution is -0.134. The van der Waals surface area contributed by atoms with Gasteiger partial charge in [0.1, 0.15) is 0 Å². The van der Waals surface area contributed by atoms with E-state index in [0.29, 0.717) is 25.8 Å². The van der Waals surface area contributed by atoms with Crippen molar-refractivity contribution in [2.75, 3.05) is 18.4 Å². The Kier molecular flexibility index (Phi) is 6.88. The molecule has 4 nitrogen and oxygen atoms in total. The van der Waals surface area contributed by atoms with Crippen LogP contribution in [0.2, 0.25) is 0 Å². The summed E-state index contributed by atoms with van der Waals surface area (Å²) in [6.07, 6.45) is 1.63. The standard InChI is InChI=1S/C15H19F3N2O2/c1-3-5-13(22)20(8-4-2)9-12(21)19-11-7-6-10(16)14(17)15(11)18/h6-7H,3-5,8-9H2,1-2H3,(H,19,21). The first-order valence-corrected chi connectivity index (χ1v) is 7.11. The van der Waals surface area contributed by atoms with Gasteiger partial charge >= 0.3 is 0 Å². The summed E-state index contributed by atoms with van der Waals surface area (Å²) < 4.78 is 39.4. The molecule has 0 saturated heterocycles. The monoisotopic (exact) mass is 316 g/mol. The lowest BCUT2D eigenvalue weighted by Crippen LogP contribution is -2.38. The minimum atomic E-state index is -1.65. The summed E-state index contributed by atoms with van der Waals surface area (Å²) in [4.78, 5) is 25.1. The minimum absolute atomic E-state index is 0.176. The van der Waals surface area contributed by atoms with Crippen LogP contribution in [-0.2, 0) is 9.59 Å². The molecule has 122 valence electrons. The van der Waals surface area contributed by atoms with E-state index >= 15 is 0 Å². The molecule has 22 heavy (non-hydrogen) atoms. The second kappa shape index (κ2) is 8.41. The zero-order chi connectivity index (χ0) is 16.7. The number of carbonyl (C=O) groups excluding carboxylic acids is 2. The van der Waals surface area contributed by atoms with Gasteiger partial charge < -0.3 is 10.2 Å². The van der Waals surface area contributed by atoms with Crippen molar-refractivity contribution in [1.29, 1.82) is 0 Å². The van der Waals surface area contributed by atoms with Crippen molar-refractivity contribution in [1.82, 2.24) is 4.90 Å². The lowest BCUT2D eigenvalue weighted by Gasteiger charge is -2.21. The second-order valence-corrected chi connectivity index (χ2v) is 4.84. The summed E-state index contributed by atoms with van der Waals surface area (Å²) in [7, 11) is 0. The molecule has 0 aliphatic heterocycles. The first-order valence-electron chi connectivity index (χ1n) is 7.11. The van der Waals surface area contributed by atoms with Gasteiger partial charge in [-0.2, -0.15) is 0 Å². The van der Waals surface area contributed by atoms with Crippen LogP contribution >= 0.6 is 0 Å². The SMILES string of the molecule is CCCC(=O)N(CCC)CC(=O)Nc1ccc(F)c(F)c1F. The zero-order valence-corrected chi connectivity index (χ0v) is 12.6. The highest BCUT2D eigenvalue weighted by molar-refractivity contribution is 5.94. The average Bonchev–Trinajstić information content (AvgIpc) is 2.48. The fraction of sp³-hybridized carbons (Fsp3) is 0.467. The molecule has 1 aromatic carbocycles. The highest BCUT2D eigenvalue weighted by atomic mass is 19.2. The van der Waals surface area contributed by atoms with Crippen molar-refractivity contribution in [2.24, 2.45) is 0 Å². The van der Waals surface area contributed by atoms with E-state index in [-0.39, 0.29) is 12.5 Å². The molecule has 1 N–H and O–H groups in total. The predicted molar refractivity (Wildman–Crippen MR) is 76.7 cm³/mol. The van der Waals surface area contributed by atoms with Gasteiger partial charge in [0.05, 0.1) is 12.2 Å². The molecule has 0 radical (unpaired) electrons. The Labute approximate surface area is 127 Å². The molecule has 0 bridgehead atoms. The number of hydrogen-bond donors (Lipinski definition) is 1. The number of benzene rings is 1. The average molecular weight is 316 g/mol. The van der Waals surface area contributed by atoms with Gasteiger partial charge in [0, 0.05) is 13.0 Å². The summed E-state index contributed by atoms with van der Waals surface area (Å²) in [5.41, 5.74) is -0.455. The third kappa shape index (κ3) is 4.75. The van der Waals surface area contributed by atoms with Gasteiger partial charge in [-0.25, -0.2) is 13.2 Å². The molecule has 0 aromatic heterocycles. The van der Waals surface area contributed by atoms with Crippen molar-refractivity contribution in [3.05, 3.63) is 29.6 Å². The molecule has 0 aliphatic rings. The van der Waals surface area contributed by atoms with Gasteiger partial charge in [0.15, 0.2) is 17.5 Å². The molecule has 0 heterocycles. The van der Waals surface area contributed by atoms with Gasteiger partial charge in [0.2, 0.25) is 11.8 Å². The third-order valence-electron chi connectivity index (χ3n) is 2.95. The molecule has 7 heteroatoms. The fourth-order valence-corrected chi connectivity index (χ4v) is 1.92. The highest BCUT2D eigenvalue weighted by Gasteiger charge is 2.18. The molecule has 0 spiro atoms. The van der Waals surface area contributed by atoms with Gasteiger partial charge in [0.25, 0.3) is 0 Å². The lowest BCUT2D eigenvalue weighted by atomic mass is 10.2. The van der Waals surface area contributed by atoms with Crippen LogP contribution in [0, 0.1) is 17.5 Å². The number of anilines is 1. The number of carbonyl (C=O) groups is 2. The zero-order valence-electron chi connectivity index (χ0n) is 12.6. The first-order chi connectivity index (χ1) is 10.4. The minimum Gasteiger partial charge on any atom is -0.333 e. The van der Waals surface area contributed by atoms with Gasteiger partial charge in [-0.05, 0) is 25.0 Å². The molecule has 0 saturated carbocycles. The molecule has 2 amide bonds. The van der Waals surface area contributed by atoms with Crippen molar-refractivity contribution in [3.8, 4) is 0 Å². The maximum absolute atomic E-state index is 13.5. The number of nitrogens with zero attached hydrogens (tertiary/aromatic N) is 1. The fourth-order valence-electron chi connectivity index (χ4n) is 1.92. The van der Waals surface area contributed by atoms with E-state index in [1.54, 1.807) is 0 Å². The highest BCUT2D eigenvalue weighted by Crippen LogP contribution is 2.19. The summed E-state index contributed by atoms with van der Waals surface area (Å²) in [6.45, 7) is 3.84. The summed E-state index contributed by atoms with van der Waals surface area (Å²) in [6, 6.07) is 1.66. The van der Waals surface area contributed by atoms with Crippen LogP contribution in [-0.4, -0.2) is 29.8 Å². The molecule has 0 atom stereocenters. The van der Waals surface area contributed by atoms with E-state index < -0.39 is 29.0 Å². The maximum Gasteiger partial charge on any atom is 0.244 e. The number of hydrogen-bond acceptors (Lipinski definition) is 2. The molecular weight excluding hydrogens is 297 g/mol. The van der Waals surface area contributed by atoms with Crippen LogP contribution in [0.25, 0.3) is 0 Å². The van der Waals surface area contributed by atoms with Crippen LogP contribution in [0.1, 0.15) is 33.1 Å². The van der Waals surface area contributed by atoms with Crippen LogP contribution in [0.3, 0.4) is 0 Å². The second-order valence-electron chi connectivity index (χ2n) is 4.84. The van der Waals surface area contributed by atoms with E-state index in [0.717, 1.165) is 12.1 Å². The van der Waals surface area contributed by atoms with Crippen LogP contribution < -0.4 is 5.32 Å². The van der Waals surface area contributed by atoms with Crippen LogP contribution in [0.4, 0.5) is 18.9 Å². The molecule has 1 aromatic rings. The first kappa shape index (κ1) is 18.0. The van der Waals surface area contributed by atoms with E-state index in [1.807, 2.05) is 13.8 Å². The predicted octanol–water partition coefficient (Wildman–Crippen LogP) is 3.08. The number of nitrogens with one attached hydrogen (secondary N) is 1. The van der Waals surface area contributed by atoms with Crippen molar-refractivity contribution >= 4 is 17.5 Å². The van der Waals surface area contributed by atoms with Crippen molar-refractivity contribution < 1.29 is 22.8 Å². The topological polar surface area (TPSA) is 49.4 Å². The Morgan fingerprint density at radius 1 is 1.09 bits per heavy atom. The molecule has 1 rings (SSSR count). The normalized spacial score (nSPS) is 10.4. The summed E-state index contributed by atoms with van der Waals surface area (Å²) in [5, 5.41) is 2.15. The Hall–Kier alpha value is -2.05. The Balaban J connectivity index is 2.75. The van der Waals surface area contributed by atoms with E-state index in [1.165, 1.54) is 4.90 Å². The number of amides is 2. The summed E-state index contributed by atoms with van der Waals surface area (Å²) in [5.74, 6) is -5.28. The van der Waals surface area contributed by atoms with Crippen LogP contribution in [0.15, 0.2) is 12.1 Å². The van der Waals surface area contributed by atoms with E-state index in [9.17, 15) is 22.8 Å². The molecule has 0 fully saturated rings. The van der Waals surface area contributed by atoms with Crippen LogP contribution in [0.5, 0.6) is 0 Å². The largest absolute Gasteiger partial charge is 0.333 e. The third-order valence-corrected chi connectivity index (χ3v) is 2.95. The van der Waals surface area contributed by atoms with Crippen molar-refractivity contribution in [2.45, 2.75) is 33.1 Å². The Bertz CT molecular complexity index is 550. The van der Waals surface area contributed by atoms with Crippen molar-refractivity contribution in [3.63, 3.8) is 0 Å². The molecule has 0 unspecified atom stereocenters. The number of rotatable bonds is 7. The molecule has 0 aliphatic carbocycles. The smallest absolute Gasteiger partial charge is 0.244 e. The number of halogens is 3. The Morgan fingerprint density at radius 2 is 1.77 bits per heavy atom. The Morgan fingerprint density at radius 3 is 2.36 bits per heavy atom. The van der Waals surface area contributed by atoms with Gasteiger partial charge in [-0.3, -0.25) is 9.59 Å². The van der Waals surface area contributed by atoms with Gasteiger partial charge in [-0.1, -0.05) is 13.8 Å².